The number of phenolic OH excluding ortho intramolecular Hbond substituents is 1. The van der Waals surface area contributed by atoms with Gasteiger partial charge in [0, 0.05) is 24.7 Å². The highest BCUT2D eigenvalue weighted by atomic mass is 19.1. The lowest BCUT2D eigenvalue weighted by Gasteiger charge is -2.14. The van der Waals surface area contributed by atoms with E-state index in [2.05, 4.69) is 5.10 Å². The van der Waals surface area contributed by atoms with Crippen LogP contribution in [0.4, 0.5) is 4.39 Å². The summed E-state index contributed by atoms with van der Waals surface area (Å²) in [5.74, 6) is -1.02. The molecule has 4 rings (SSSR count). The Labute approximate surface area is 153 Å². The minimum absolute atomic E-state index is 0.181. The summed E-state index contributed by atoms with van der Waals surface area (Å²) in [6, 6.07) is 12.9. The Balaban J connectivity index is 2.21. The lowest BCUT2D eigenvalue weighted by molar-refractivity contribution is 0.234. The van der Waals surface area contributed by atoms with Crippen molar-refractivity contribution in [2.75, 3.05) is 0 Å². The van der Waals surface area contributed by atoms with Crippen LogP contribution in [0.25, 0.3) is 28.0 Å². The van der Waals surface area contributed by atoms with Gasteiger partial charge >= 0.3 is 0 Å². The van der Waals surface area contributed by atoms with Crippen molar-refractivity contribution in [3.05, 3.63) is 66.1 Å². The third-order valence-electron chi connectivity index (χ3n) is 4.47. The second-order valence-corrected chi connectivity index (χ2v) is 6.04. The Morgan fingerprint density at radius 1 is 1.19 bits per heavy atom. The van der Waals surface area contributed by atoms with E-state index in [1.54, 1.807) is 46.8 Å². The van der Waals surface area contributed by atoms with Gasteiger partial charge in [-0.05, 0) is 24.3 Å². The summed E-state index contributed by atoms with van der Waals surface area (Å²) < 4.78 is 18.0. The SMILES string of the molecule is Cn1nccc1-c1c(C(=N)NO)c2ccccc2n1-c1ccc(O)cc1F. The Kier molecular flexibility index (Phi) is 3.89. The maximum Gasteiger partial charge on any atom is 0.152 e. The van der Waals surface area contributed by atoms with Gasteiger partial charge in [0.25, 0.3) is 0 Å². The molecule has 0 bridgehead atoms. The van der Waals surface area contributed by atoms with Crippen LogP contribution in [0.15, 0.2) is 54.7 Å². The van der Waals surface area contributed by atoms with Gasteiger partial charge in [-0.25, -0.2) is 4.39 Å². The summed E-state index contributed by atoms with van der Waals surface area (Å²) in [5, 5.41) is 32.0. The van der Waals surface area contributed by atoms with Crippen molar-refractivity contribution >= 4 is 16.7 Å². The van der Waals surface area contributed by atoms with Crippen LogP contribution in [0.2, 0.25) is 0 Å². The molecular formula is C19H16FN5O2. The molecule has 4 N–H and O–H groups in total. The average Bonchev–Trinajstić information content (AvgIpc) is 3.22. The number of para-hydroxylation sites is 1. The molecule has 2 aromatic carbocycles. The first kappa shape index (κ1) is 16.8. The fourth-order valence-electron chi connectivity index (χ4n) is 3.33. The van der Waals surface area contributed by atoms with E-state index in [0.29, 0.717) is 27.9 Å². The molecule has 0 spiro atoms. The molecule has 0 atom stereocenters. The van der Waals surface area contributed by atoms with Crippen molar-refractivity contribution < 1.29 is 14.7 Å². The van der Waals surface area contributed by atoms with Crippen LogP contribution in [0.1, 0.15) is 5.56 Å². The Bertz CT molecular complexity index is 1180. The normalized spacial score (nSPS) is 11.1. The van der Waals surface area contributed by atoms with E-state index in [4.69, 9.17) is 5.41 Å². The van der Waals surface area contributed by atoms with Gasteiger partial charge in [-0.2, -0.15) is 5.10 Å². The number of aromatic nitrogens is 3. The van der Waals surface area contributed by atoms with Crippen LogP contribution in [0.5, 0.6) is 5.75 Å². The molecule has 0 aliphatic rings. The first-order valence-corrected chi connectivity index (χ1v) is 8.12. The zero-order valence-corrected chi connectivity index (χ0v) is 14.3. The largest absolute Gasteiger partial charge is 0.508 e. The van der Waals surface area contributed by atoms with Crippen LogP contribution in [0.3, 0.4) is 0 Å². The molecule has 0 radical (unpaired) electrons. The molecule has 2 aromatic heterocycles. The lowest BCUT2D eigenvalue weighted by Crippen LogP contribution is -2.20. The highest BCUT2D eigenvalue weighted by molar-refractivity contribution is 6.13. The van der Waals surface area contributed by atoms with Crippen molar-refractivity contribution in [3.8, 4) is 22.8 Å². The molecule has 0 aliphatic heterocycles. The van der Waals surface area contributed by atoms with Crippen LogP contribution in [-0.4, -0.2) is 30.5 Å². The number of amidine groups is 1. The van der Waals surface area contributed by atoms with E-state index in [1.807, 2.05) is 11.5 Å². The molecule has 0 saturated carbocycles. The summed E-state index contributed by atoms with van der Waals surface area (Å²) in [4.78, 5) is 0. The van der Waals surface area contributed by atoms with Crippen LogP contribution in [-0.2, 0) is 7.05 Å². The fraction of sp³-hybridized carbons (Fsp3) is 0.0526. The average molecular weight is 365 g/mol. The van der Waals surface area contributed by atoms with Gasteiger partial charge in [0.2, 0.25) is 0 Å². The molecular weight excluding hydrogens is 349 g/mol. The molecule has 0 saturated heterocycles. The van der Waals surface area contributed by atoms with Crippen molar-refractivity contribution in [1.29, 1.82) is 5.41 Å². The number of hydroxylamine groups is 1. The van der Waals surface area contributed by atoms with Crippen molar-refractivity contribution in [2.24, 2.45) is 7.05 Å². The number of phenols is 1. The molecule has 0 amide bonds. The van der Waals surface area contributed by atoms with Crippen LogP contribution >= 0.6 is 0 Å². The Morgan fingerprint density at radius 3 is 2.63 bits per heavy atom. The Hall–Kier alpha value is -3.65. The Morgan fingerprint density at radius 2 is 1.96 bits per heavy atom. The topological polar surface area (TPSA) is 99.1 Å². The third-order valence-corrected chi connectivity index (χ3v) is 4.47. The van der Waals surface area contributed by atoms with Gasteiger partial charge in [-0.1, -0.05) is 18.2 Å². The van der Waals surface area contributed by atoms with E-state index in [-0.39, 0.29) is 17.3 Å². The quantitative estimate of drug-likeness (QED) is 0.255. The number of hydrogen-bond donors (Lipinski definition) is 4. The van der Waals surface area contributed by atoms with E-state index < -0.39 is 5.82 Å². The zero-order valence-electron chi connectivity index (χ0n) is 14.3. The first-order chi connectivity index (χ1) is 13.0. The number of aryl methyl sites for hydroxylation is 1. The summed E-state index contributed by atoms with van der Waals surface area (Å²) in [6.45, 7) is 0. The standard InChI is InChI=1S/C19H16FN5O2/c1-24-16(8-9-22-24)18-17(19(21)23-27)12-4-2-3-5-14(12)25(18)15-7-6-11(26)10-13(15)20/h2-10,26-27H,1H3,(H2,21,23). The van der Waals surface area contributed by atoms with E-state index in [1.165, 1.54) is 12.1 Å². The number of nitrogens with zero attached hydrogens (tertiary/aromatic N) is 3. The molecule has 4 aromatic rings. The second kappa shape index (κ2) is 6.26. The second-order valence-electron chi connectivity index (χ2n) is 6.04. The smallest absolute Gasteiger partial charge is 0.152 e. The summed E-state index contributed by atoms with van der Waals surface area (Å²) >= 11 is 0. The molecule has 2 heterocycles. The summed E-state index contributed by atoms with van der Waals surface area (Å²) in [6.07, 6.45) is 1.60. The number of benzene rings is 2. The highest BCUT2D eigenvalue weighted by Crippen LogP contribution is 2.37. The number of fused-ring (bicyclic) bond motifs is 1. The predicted molar refractivity (Wildman–Crippen MR) is 98.9 cm³/mol. The number of nitrogens with one attached hydrogen (secondary N) is 2. The van der Waals surface area contributed by atoms with Gasteiger partial charge < -0.3 is 9.67 Å². The number of rotatable bonds is 3. The molecule has 7 nitrogen and oxygen atoms in total. The molecule has 0 fully saturated rings. The lowest BCUT2D eigenvalue weighted by atomic mass is 10.1. The molecule has 0 aliphatic carbocycles. The predicted octanol–water partition coefficient (Wildman–Crippen LogP) is 3.18. The number of aromatic hydroxyl groups is 1. The number of hydrogen-bond acceptors (Lipinski definition) is 4. The highest BCUT2D eigenvalue weighted by Gasteiger charge is 2.25. The molecule has 27 heavy (non-hydrogen) atoms. The minimum atomic E-state index is -0.616. The van der Waals surface area contributed by atoms with Gasteiger partial charge in [-0.3, -0.25) is 20.8 Å². The molecule has 8 heteroatoms. The minimum Gasteiger partial charge on any atom is -0.508 e. The summed E-state index contributed by atoms with van der Waals surface area (Å²) in [7, 11) is 1.74. The first-order valence-electron chi connectivity index (χ1n) is 8.12. The van der Waals surface area contributed by atoms with Gasteiger partial charge in [0.05, 0.1) is 28.2 Å². The van der Waals surface area contributed by atoms with Gasteiger partial charge in [0.1, 0.15) is 5.75 Å². The van der Waals surface area contributed by atoms with Gasteiger partial charge in [-0.15, -0.1) is 0 Å². The fourth-order valence-corrected chi connectivity index (χ4v) is 3.33. The summed E-state index contributed by atoms with van der Waals surface area (Å²) in [5.41, 5.74) is 4.28. The van der Waals surface area contributed by atoms with Crippen molar-refractivity contribution in [2.45, 2.75) is 0 Å². The van der Waals surface area contributed by atoms with E-state index >= 15 is 0 Å². The molecule has 136 valence electrons. The maximum absolute atomic E-state index is 14.8. The third kappa shape index (κ3) is 2.54. The molecule has 0 unspecified atom stereocenters. The van der Waals surface area contributed by atoms with Crippen molar-refractivity contribution in [3.63, 3.8) is 0 Å². The maximum atomic E-state index is 14.8. The van der Waals surface area contributed by atoms with E-state index in [0.717, 1.165) is 6.07 Å². The monoisotopic (exact) mass is 365 g/mol. The zero-order chi connectivity index (χ0) is 19.1. The van der Waals surface area contributed by atoms with Crippen LogP contribution < -0.4 is 5.48 Å². The van der Waals surface area contributed by atoms with E-state index in [9.17, 15) is 14.7 Å². The van der Waals surface area contributed by atoms with Gasteiger partial charge in [0.15, 0.2) is 11.7 Å². The van der Waals surface area contributed by atoms with Crippen molar-refractivity contribution in [1.82, 2.24) is 19.8 Å². The number of halogens is 1. The van der Waals surface area contributed by atoms with Crippen LogP contribution in [0, 0.1) is 11.2 Å².